The van der Waals surface area contributed by atoms with E-state index in [9.17, 15) is 14.4 Å². The van der Waals surface area contributed by atoms with E-state index in [1.165, 1.54) is 7.05 Å². The zero-order valence-corrected chi connectivity index (χ0v) is 15.0. The molecule has 11 heteroatoms. The van der Waals surface area contributed by atoms with Crippen LogP contribution in [0.15, 0.2) is 14.6 Å². The Bertz CT molecular complexity index is 689. The van der Waals surface area contributed by atoms with Gasteiger partial charge in [0.05, 0.1) is 18.3 Å². The first kappa shape index (κ1) is 19.1. The van der Waals surface area contributed by atoms with Crippen molar-refractivity contribution in [2.45, 2.75) is 18.6 Å². The number of hydrogen-bond acceptors (Lipinski definition) is 8. The van der Waals surface area contributed by atoms with E-state index < -0.39 is 11.9 Å². The molecular formula is C14H19N5O5S. The number of aromatic nitrogens is 2. The van der Waals surface area contributed by atoms with Crippen LogP contribution >= 0.6 is 11.8 Å². The lowest BCUT2D eigenvalue weighted by molar-refractivity contribution is -0.129. The first-order valence-electron chi connectivity index (χ1n) is 7.50. The van der Waals surface area contributed by atoms with Crippen molar-refractivity contribution in [2.75, 3.05) is 33.1 Å². The molecule has 0 fully saturated rings. The third-order valence-corrected chi connectivity index (χ3v) is 4.29. The number of rotatable bonds is 8. The first-order chi connectivity index (χ1) is 11.9. The van der Waals surface area contributed by atoms with Gasteiger partial charge in [0, 0.05) is 32.8 Å². The third kappa shape index (κ3) is 5.10. The molecule has 0 saturated carbocycles. The molecule has 10 nitrogen and oxygen atoms in total. The normalized spacial score (nSPS) is 17.6. The maximum atomic E-state index is 12.2. The predicted octanol–water partition coefficient (Wildman–Crippen LogP) is 0.136. The van der Waals surface area contributed by atoms with Crippen LogP contribution < -0.4 is 5.32 Å². The van der Waals surface area contributed by atoms with Gasteiger partial charge in [-0.15, -0.1) is 10.2 Å². The van der Waals surface area contributed by atoms with Crippen LogP contribution in [0.25, 0.3) is 0 Å². The van der Waals surface area contributed by atoms with Gasteiger partial charge in [-0.25, -0.2) is 9.79 Å². The minimum Gasteiger partial charge on any atom is -0.416 e. The van der Waals surface area contributed by atoms with E-state index in [0.717, 1.165) is 16.7 Å². The minimum atomic E-state index is -0.613. The summed E-state index contributed by atoms with van der Waals surface area (Å²) in [5, 5.41) is 10.6. The maximum absolute atomic E-state index is 12.2. The molecule has 0 saturated heterocycles. The van der Waals surface area contributed by atoms with E-state index >= 15 is 0 Å². The fraction of sp³-hybridized carbons (Fsp3) is 0.571. The van der Waals surface area contributed by atoms with Crippen LogP contribution in [0.4, 0.5) is 4.79 Å². The summed E-state index contributed by atoms with van der Waals surface area (Å²) >= 11 is 1.10. The molecule has 1 aliphatic heterocycles. The summed E-state index contributed by atoms with van der Waals surface area (Å²) in [7, 11) is 2.93. The monoisotopic (exact) mass is 369 g/mol. The first-order valence-corrected chi connectivity index (χ1v) is 8.48. The topological polar surface area (TPSA) is 127 Å². The van der Waals surface area contributed by atoms with Crippen molar-refractivity contribution >= 4 is 35.3 Å². The molecule has 1 aliphatic rings. The number of imide groups is 1. The molecule has 1 unspecified atom stereocenters. The van der Waals surface area contributed by atoms with Crippen LogP contribution in [0.2, 0.25) is 0 Å². The highest BCUT2D eigenvalue weighted by molar-refractivity contribution is 7.99. The van der Waals surface area contributed by atoms with Crippen LogP contribution in [0, 0.1) is 5.92 Å². The number of methoxy groups -OCH3 is 1. The molecule has 25 heavy (non-hydrogen) atoms. The van der Waals surface area contributed by atoms with Crippen LogP contribution in [0.3, 0.4) is 0 Å². The summed E-state index contributed by atoms with van der Waals surface area (Å²) in [6.45, 7) is 2.48. The highest BCUT2D eigenvalue weighted by Crippen LogP contribution is 2.21. The standard InChI is InChI=1S/C14H19N5O5S/c1-8-9(12(21)19(2)13(22)16-8)6-11-17-18-14(24-11)25-7-10(20)15-4-5-23-3/h9H,4-7H2,1-3H3,(H,15,20). The van der Waals surface area contributed by atoms with E-state index in [4.69, 9.17) is 9.15 Å². The zero-order valence-electron chi connectivity index (χ0n) is 14.1. The van der Waals surface area contributed by atoms with E-state index in [-0.39, 0.29) is 35.1 Å². The van der Waals surface area contributed by atoms with Crippen LogP contribution in [-0.2, 0) is 20.7 Å². The minimum absolute atomic E-state index is 0.130. The molecule has 0 spiro atoms. The maximum Gasteiger partial charge on any atom is 0.349 e. The van der Waals surface area contributed by atoms with Gasteiger partial charge in [-0.1, -0.05) is 11.8 Å². The lowest BCUT2D eigenvalue weighted by atomic mass is 9.97. The van der Waals surface area contributed by atoms with Crippen molar-refractivity contribution in [1.82, 2.24) is 20.4 Å². The number of carbonyl (C=O) groups excluding carboxylic acids is 3. The molecule has 136 valence electrons. The van der Waals surface area contributed by atoms with Crippen molar-refractivity contribution in [1.29, 1.82) is 0 Å². The van der Waals surface area contributed by atoms with Crippen LogP contribution in [-0.4, -0.2) is 71.7 Å². The zero-order chi connectivity index (χ0) is 18.4. The van der Waals surface area contributed by atoms with Gasteiger partial charge in [0.25, 0.3) is 5.22 Å². The van der Waals surface area contributed by atoms with Gasteiger partial charge < -0.3 is 14.5 Å². The van der Waals surface area contributed by atoms with Gasteiger partial charge in [0.2, 0.25) is 17.7 Å². The second kappa shape index (κ2) is 8.72. The Kier molecular flexibility index (Phi) is 6.65. The molecule has 1 atom stereocenters. The van der Waals surface area contributed by atoms with Gasteiger partial charge >= 0.3 is 6.03 Å². The number of ether oxygens (including phenoxy) is 1. The molecule has 2 rings (SSSR count). The number of aliphatic imine (C=N–C) groups is 1. The molecule has 2 heterocycles. The van der Waals surface area contributed by atoms with Gasteiger partial charge in [0.1, 0.15) is 0 Å². The van der Waals surface area contributed by atoms with E-state index in [1.54, 1.807) is 14.0 Å². The van der Waals surface area contributed by atoms with Crippen LogP contribution in [0.1, 0.15) is 12.8 Å². The summed E-state index contributed by atoms with van der Waals surface area (Å²) in [5.74, 6) is -0.767. The highest BCUT2D eigenvalue weighted by Gasteiger charge is 2.34. The summed E-state index contributed by atoms with van der Waals surface area (Å²) in [5.41, 5.74) is 0.415. The summed E-state index contributed by atoms with van der Waals surface area (Å²) in [4.78, 5) is 40.0. The average Bonchev–Trinajstić information content (AvgIpc) is 3.03. The lowest BCUT2D eigenvalue weighted by Gasteiger charge is -2.24. The van der Waals surface area contributed by atoms with Crippen molar-refractivity contribution in [2.24, 2.45) is 10.9 Å². The predicted molar refractivity (Wildman–Crippen MR) is 88.4 cm³/mol. The second-order valence-electron chi connectivity index (χ2n) is 5.28. The van der Waals surface area contributed by atoms with Crippen molar-refractivity contribution in [3.63, 3.8) is 0 Å². The number of thioether (sulfide) groups is 1. The van der Waals surface area contributed by atoms with Crippen molar-refractivity contribution in [3.8, 4) is 0 Å². The Morgan fingerprint density at radius 3 is 2.88 bits per heavy atom. The molecular weight excluding hydrogens is 350 g/mol. The van der Waals surface area contributed by atoms with Crippen molar-refractivity contribution in [3.05, 3.63) is 5.89 Å². The molecule has 0 radical (unpaired) electrons. The Labute approximate surface area is 148 Å². The van der Waals surface area contributed by atoms with E-state index in [1.807, 2.05) is 0 Å². The fourth-order valence-electron chi connectivity index (χ4n) is 2.07. The smallest absolute Gasteiger partial charge is 0.349 e. The Morgan fingerprint density at radius 1 is 1.40 bits per heavy atom. The van der Waals surface area contributed by atoms with Gasteiger partial charge in [0.15, 0.2) is 0 Å². The SMILES string of the molecule is COCCNC(=O)CSc1nnc(CC2C(=O)N(C)C(=O)N=C2C)o1. The molecule has 1 aromatic rings. The number of nitrogens with one attached hydrogen (secondary N) is 1. The summed E-state index contributed by atoms with van der Waals surface area (Å²) < 4.78 is 10.3. The average molecular weight is 369 g/mol. The quantitative estimate of drug-likeness (QED) is 0.506. The molecule has 0 bridgehead atoms. The molecule has 1 aromatic heterocycles. The molecule has 4 amide bonds. The Hall–Kier alpha value is -2.27. The number of urea groups is 1. The second-order valence-corrected chi connectivity index (χ2v) is 6.21. The van der Waals surface area contributed by atoms with E-state index in [0.29, 0.717) is 18.9 Å². The van der Waals surface area contributed by atoms with Gasteiger partial charge in [-0.2, -0.15) is 0 Å². The third-order valence-electron chi connectivity index (χ3n) is 3.47. The van der Waals surface area contributed by atoms with Crippen LogP contribution in [0.5, 0.6) is 0 Å². The highest BCUT2D eigenvalue weighted by atomic mass is 32.2. The number of carbonyl (C=O) groups is 3. The van der Waals surface area contributed by atoms with Gasteiger partial charge in [-0.3, -0.25) is 14.5 Å². The number of nitrogens with zero attached hydrogens (tertiary/aromatic N) is 4. The Balaban J connectivity index is 1.89. The summed E-state index contributed by atoms with van der Waals surface area (Å²) in [6, 6.07) is -0.583. The molecule has 1 N–H and O–H groups in total. The largest absolute Gasteiger partial charge is 0.416 e. The molecule has 0 aromatic carbocycles. The van der Waals surface area contributed by atoms with E-state index in [2.05, 4.69) is 20.5 Å². The number of amides is 4. The fourth-order valence-corrected chi connectivity index (χ4v) is 2.68. The molecule has 0 aliphatic carbocycles. The van der Waals surface area contributed by atoms with Crippen molar-refractivity contribution < 1.29 is 23.5 Å². The number of hydrogen-bond donors (Lipinski definition) is 1. The Morgan fingerprint density at radius 2 is 2.16 bits per heavy atom. The van der Waals surface area contributed by atoms with Gasteiger partial charge in [-0.05, 0) is 6.92 Å². The summed E-state index contributed by atoms with van der Waals surface area (Å²) in [6.07, 6.45) is 0.152. The lowest BCUT2D eigenvalue weighted by Crippen LogP contribution is -2.44.